The number of rotatable bonds is 7. The van der Waals surface area contributed by atoms with Gasteiger partial charge in [-0.05, 0) is 59.7 Å². The second-order valence-corrected chi connectivity index (χ2v) is 9.56. The predicted molar refractivity (Wildman–Crippen MR) is 142 cm³/mol. The summed E-state index contributed by atoms with van der Waals surface area (Å²) in [6.45, 7) is 0. The van der Waals surface area contributed by atoms with Crippen LogP contribution in [0.1, 0.15) is 76.7 Å². The van der Waals surface area contributed by atoms with Crippen molar-refractivity contribution < 1.29 is 32.2 Å². The van der Waals surface area contributed by atoms with Crippen molar-refractivity contribution in [1.29, 1.82) is 0 Å². The van der Waals surface area contributed by atoms with Gasteiger partial charge >= 0.3 is 18.2 Å². The molecule has 3 aromatic carbocycles. The Morgan fingerprint density at radius 2 is 1.62 bits per heavy atom. The van der Waals surface area contributed by atoms with Gasteiger partial charge in [-0.1, -0.05) is 55.7 Å². The zero-order valence-corrected chi connectivity index (χ0v) is 21.8. The molecule has 0 saturated heterocycles. The number of ether oxygens (including phenoxy) is 2. The molecular weight excluding hydrogens is 509 g/mol. The van der Waals surface area contributed by atoms with E-state index in [0.717, 1.165) is 48.9 Å². The van der Waals surface area contributed by atoms with Gasteiger partial charge in [0.05, 0.1) is 31.4 Å². The normalized spacial score (nSPS) is 14.8. The van der Waals surface area contributed by atoms with E-state index in [-0.39, 0.29) is 11.4 Å². The van der Waals surface area contributed by atoms with Crippen LogP contribution in [-0.2, 0) is 10.9 Å². The minimum atomic E-state index is -4.61. The Hall–Kier alpha value is -4.01. The Balaban J connectivity index is 1.68. The first-order valence-corrected chi connectivity index (χ1v) is 12.8. The maximum absolute atomic E-state index is 13.4. The fraction of sp³-hybridized carbons (Fsp3) is 0.333. The molecule has 1 unspecified atom stereocenters. The number of amides is 2. The number of hydrogen-bond donors (Lipinski definition) is 2. The number of carbonyl (C=O) groups is 2. The molecule has 206 valence electrons. The lowest BCUT2D eigenvalue weighted by Crippen LogP contribution is -2.34. The van der Waals surface area contributed by atoms with Gasteiger partial charge in [0.25, 0.3) is 0 Å². The molecule has 4 rings (SSSR count). The van der Waals surface area contributed by atoms with Crippen LogP contribution in [0.5, 0.6) is 5.75 Å². The molecule has 2 amide bonds. The summed E-state index contributed by atoms with van der Waals surface area (Å²) in [6, 6.07) is 16.4. The van der Waals surface area contributed by atoms with Gasteiger partial charge in [0.1, 0.15) is 5.75 Å². The van der Waals surface area contributed by atoms with E-state index < -0.39 is 29.8 Å². The van der Waals surface area contributed by atoms with Crippen LogP contribution in [-0.4, -0.2) is 26.2 Å². The quantitative estimate of drug-likeness (QED) is 0.305. The number of halogens is 3. The van der Waals surface area contributed by atoms with E-state index in [1.54, 1.807) is 24.3 Å². The molecule has 0 heterocycles. The van der Waals surface area contributed by atoms with Crippen LogP contribution >= 0.6 is 0 Å². The van der Waals surface area contributed by atoms with Gasteiger partial charge in [-0.25, -0.2) is 9.59 Å². The minimum Gasteiger partial charge on any atom is -0.497 e. The Kier molecular flexibility index (Phi) is 8.79. The lowest BCUT2D eigenvalue weighted by atomic mass is 9.80. The highest BCUT2D eigenvalue weighted by atomic mass is 19.4. The third-order valence-electron chi connectivity index (χ3n) is 7.02. The highest BCUT2D eigenvalue weighted by Gasteiger charge is 2.32. The van der Waals surface area contributed by atoms with Crippen molar-refractivity contribution in [3.05, 3.63) is 94.5 Å². The molecule has 0 aromatic heterocycles. The summed E-state index contributed by atoms with van der Waals surface area (Å²) in [6.07, 6.45) is 0.927. The molecule has 0 spiro atoms. The SMILES string of the molecule is COC(=O)c1ccc(C(NC(=O)Nc2cc(OC)cc(C(F)(F)F)c2)c2ccccc2C2CCCCC2)cc1. The van der Waals surface area contributed by atoms with Crippen LogP contribution in [0, 0.1) is 0 Å². The summed E-state index contributed by atoms with van der Waals surface area (Å²) in [4.78, 5) is 25.2. The highest BCUT2D eigenvalue weighted by molar-refractivity contribution is 5.91. The van der Waals surface area contributed by atoms with E-state index >= 15 is 0 Å². The third kappa shape index (κ3) is 6.90. The first kappa shape index (κ1) is 28.0. The van der Waals surface area contributed by atoms with Gasteiger partial charge in [-0.2, -0.15) is 13.2 Å². The number of benzene rings is 3. The van der Waals surface area contributed by atoms with Crippen molar-refractivity contribution >= 4 is 17.7 Å². The van der Waals surface area contributed by atoms with E-state index in [1.165, 1.54) is 26.7 Å². The number of urea groups is 1. The zero-order chi connectivity index (χ0) is 28.0. The van der Waals surface area contributed by atoms with E-state index in [9.17, 15) is 22.8 Å². The van der Waals surface area contributed by atoms with Gasteiger partial charge < -0.3 is 20.1 Å². The minimum absolute atomic E-state index is 0.0299. The van der Waals surface area contributed by atoms with E-state index in [4.69, 9.17) is 9.47 Å². The van der Waals surface area contributed by atoms with Crippen LogP contribution in [0.25, 0.3) is 0 Å². The van der Waals surface area contributed by atoms with Crippen molar-refractivity contribution in [1.82, 2.24) is 5.32 Å². The third-order valence-corrected chi connectivity index (χ3v) is 7.02. The number of carbonyl (C=O) groups excluding carboxylic acids is 2. The lowest BCUT2D eigenvalue weighted by molar-refractivity contribution is -0.137. The van der Waals surface area contributed by atoms with Crippen molar-refractivity contribution in [2.45, 2.75) is 50.2 Å². The standard InChI is InChI=1S/C30H31F3N2O4/c1-38-24-17-22(30(31,32)33)16-23(18-24)34-29(37)35-27(20-12-14-21(15-13-20)28(36)39-2)26-11-7-6-10-25(26)19-8-4-3-5-9-19/h6-7,10-19,27H,3-5,8-9H2,1-2H3,(H2,34,35,37). The fourth-order valence-electron chi connectivity index (χ4n) is 5.08. The Bertz CT molecular complexity index is 1300. The monoisotopic (exact) mass is 540 g/mol. The number of alkyl halides is 3. The van der Waals surface area contributed by atoms with E-state index in [2.05, 4.69) is 16.7 Å². The molecular formula is C30H31F3N2O4. The molecule has 0 radical (unpaired) electrons. The average Bonchev–Trinajstić information content (AvgIpc) is 2.95. The van der Waals surface area contributed by atoms with Crippen LogP contribution in [0.4, 0.5) is 23.7 Å². The Morgan fingerprint density at radius 1 is 0.923 bits per heavy atom. The van der Waals surface area contributed by atoms with Crippen LogP contribution in [0.3, 0.4) is 0 Å². The topological polar surface area (TPSA) is 76.7 Å². The Morgan fingerprint density at radius 3 is 2.26 bits per heavy atom. The summed E-state index contributed by atoms with van der Waals surface area (Å²) < 4.78 is 50.0. The molecule has 3 aromatic rings. The highest BCUT2D eigenvalue weighted by Crippen LogP contribution is 2.38. The molecule has 1 saturated carbocycles. The van der Waals surface area contributed by atoms with E-state index in [1.807, 2.05) is 18.2 Å². The number of methoxy groups -OCH3 is 2. The maximum Gasteiger partial charge on any atom is 0.416 e. The summed E-state index contributed by atoms with van der Waals surface area (Å²) in [7, 11) is 2.56. The molecule has 0 aliphatic heterocycles. The summed E-state index contributed by atoms with van der Waals surface area (Å²) in [5.41, 5.74) is 2.10. The number of nitrogens with one attached hydrogen (secondary N) is 2. The average molecular weight is 541 g/mol. The first-order chi connectivity index (χ1) is 18.7. The number of esters is 1. The van der Waals surface area contributed by atoms with E-state index in [0.29, 0.717) is 17.0 Å². The van der Waals surface area contributed by atoms with Crippen molar-refractivity contribution in [2.24, 2.45) is 0 Å². The molecule has 39 heavy (non-hydrogen) atoms. The van der Waals surface area contributed by atoms with Crippen molar-refractivity contribution in [3.8, 4) is 5.75 Å². The molecule has 1 aliphatic rings. The molecule has 1 fully saturated rings. The second-order valence-electron chi connectivity index (χ2n) is 9.56. The van der Waals surface area contributed by atoms with Gasteiger partial charge in [0.2, 0.25) is 0 Å². The zero-order valence-electron chi connectivity index (χ0n) is 21.8. The fourth-order valence-corrected chi connectivity index (χ4v) is 5.08. The van der Waals surface area contributed by atoms with Crippen molar-refractivity contribution in [2.75, 3.05) is 19.5 Å². The molecule has 2 N–H and O–H groups in total. The van der Waals surface area contributed by atoms with Gasteiger partial charge in [-0.3, -0.25) is 0 Å². The smallest absolute Gasteiger partial charge is 0.416 e. The van der Waals surface area contributed by atoms with Crippen LogP contribution < -0.4 is 15.4 Å². The summed E-state index contributed by atoms with van der Waals surface area (Å²) in [5, 5.41) is 5.48. The number of anilines is 1. The lowest BCUT2D eigenvalue weighted by Gasteiger charge is -2.28. The van der Waals surface area contributed by atoms with Crippen LogP contribution in [0.15, 0.2) is 66.7 Å². The molecule has 0 bridgehead atoms. The van der Waals surface area contributed by atoms with Crippen LogP contribution in [0.2, 0.25) is 0 Å². The summed E-state index contributed by atoms with van der Waals surface area (Å²) >= 11 is 0. The molecule has 6 nitrogen and oxygen atoms in total. The van der Waals surface area contributed by atoms with Gasteiger partial charge in [0, 0.05) is 11.8 Å². The largest absolute Gasteiger partial charge is 0.497 e. The second kappa shape index (κ2) is 12.2. The molecule has 1 aliphatic carbocycles. The van der Waals surface area contributed by atoms with Gasteiger partial charge in [0.15, 0.2) is 0 Å². The Labute approximate surface area is 225 Å². The molecule has 9 heteroatoms. The summed E-state index contributed by atoms with van der Waals surface area (Å²) in [5.74, 6) is -0.174. The predicted octanol–water partition coefficient (Wildman–Crippen LogP) is 7.46. The maximum atomic E-state index is 13.4. The first-order valence-electron chi connectivity index (χ1n) is 12.8. The van der Waals surface area contributed by atoms with Crippen molar-refractivity contribution in [3.63, 3.8) is 0 Å². The van der Waals surface area contributed by atoms with Gasteiger partial charge in [-0.15, -0.1) is 0 Å². The molecule has 1 atom stereocenters. The number of hydrogen-bond acceptors (Lipinski definition) is 4.